The average Bonchev–Trinajstić information content (AvgIpc) is 3.91. The molecule has 0 unspecified atom stereocenters. The molecule has 0 radical (unpaired) electrons. The Bertz CT molecular complexity index is 3620. The van der Waals surface area contributed by atoms with Gasteiger partial charge in [-0.2, -0.15) is 0 Å². The molecule has 10 aromatic rings. The van der Waals surface area contributed by atoms with Crippen molar-refractivity contribution < 1.29 is 26.2 Å². The number of pyridine rings is 1. The van der Waals surface area contributed by atoms with Crippen LogP contribution in [0.5, 0.6) is 5.75 Å². The van der Waals surface area contributed by atoms with Crippen molar-refractivity contribution in [1.82, 2.24) is 19.1 Å². The Morgan fingerprint density at radius 2 is 1.04 bits per heavy atom. The maximum absolute atomic E-state index is 12.7. The molecule has 7 aromatic carbocycles. The third-order valence-corrected chi connectivity index (χ3v) is 14.9. The van der Waals surface area contributed by atoms with E-state index in [2.05, 4.69) is 246 Å². The van der Waals surface area contributed by atoms with E-state index >= 15 is 0 Å². The van der Waals surface area contributed by atoms with Gasteiger partial charge < -0.3 is 9.67 Å². The zero-order chi connectivity index (χ0) is 51.8. The van der Waals surface area contributed by atoms with Crippen LogP contribution in [0.1, 0.15) is 154 Å². The predicted molar refractivity (Wildman–Crippen MR) is 309 cm³/mol. The van der Waals surface area contributed by atoms with Crippen LogP contribution in [-0.2, 0) is 31.9 Å². The molecule has 0 spiro atoms. The van der Waals surface area contributed by atoms with Crippen molar-refractivity contribution in [2.75, 3.05) is 0 Å². The van der Waals surface area contributed by atoms with Gasteiger partial charge in [-0.05, 0) is 122 Å². The van der Waals surface area contributed by atoms with E-state index in [4.69, 9.17) is 9.97 Å². The second kappa shape index (κ2) is 19.9. The third-order valence-electron chi connectivity index (χ3n) is 14.9. The van der Waals surface area contributed by atoms with E-state index in [-0.39, 0.29) is 61.3 Å². The van der Waals surface area contributed by atoms with Crippen molar-refractivity contribution in [3.63, 3.8) is 0 Å². The molecule has 0 saturated heterocycles. The number of imidazole rings is 1. The molecule has 0 aliphatic heterocycles. The van der Waals surface area contributed by atoms with Crippen LogP contribution in [0.15, 0.2) is 146 Å². The minimum absolute atomic E-state index is 0. The summed E-state index contributed by atoms with van der Waals surface area (Å²) in [5, 5.41) is 15.2. The molecule has 0 atom stereocenters. The first-order valence-electron chi connectivity index (χ1n) is 26.4. The van der Waals surface area contributed by atoms with Crippen molar-refractivity contribution in [3.05, 3.63) is 185 Å². The van der Waals surface area contributed by atoms with E-state index in [9.17, 15) is 5.11 Å². The maximum Gasteiger partial charge on any atom is 0.149 e. The molecule has 3 aromatic heterocycles. The number of nitrogens with zero attached hydrogens (tertiary/aromatic N) is 4. The summed E-state index contributed by atoms with van der Waals surface area (Å²) in [6, 6.07) is 56.3. The summed E-state index contributed by atoms with van der Waals surface area (Å²) in [6.07, 6.45) is 0. The molecule has 74 heavy (non-hydrogen) atoms. The van der Waals surface area contributed by atoms with E-state index < -0.39 is 0 Å². The normalized spacial score (nSPS) is 12.4. The zero-order valence-corrected chi connectivity index (χ0v) is 48.0. The molecule has 0 aliphatic carbocycles. The summed E-state index contributed by atoms with van der Waals surface area (Å²) in [5.41, 5.74) is 19.6. The van der Waals surface area contributed by atoms with E-state index in [1.165, 1.54) is 49.6 Å². The molecule has 0 saturated carbocycles. The molecule has 6 heteroatoms. The van der Waals surface area contributed by atoms with E-state index in [1.54, 1.807) is 0 Å². The number of aromatic hydroxyl groups is 1. The molecule has 0 fully saturated rings. The number of hydrogen-bond donors (Lipinski definition) is 1. The third kappa shape index (κ3) is 9.25. The fraction of sp³-hybridized carbons (Fsp3) is 0.294. The summed E-state index contributed by atoms with van der Waals surface area (Å²) in [6.45, 7) is 31.6. The Balaban J connectivity index is 0.00000672. The monoisotopic (exact) mass is 1150 g/mol. The molecular formula is C68H71N4OPt-. The standard InChI is InChI=1S/C68H71N4O.Pt/c1-40(2)48-28-22-29-49(41(3)4)64(48)72-61-33-23-30-52(63(61)70-66(72)55-36-46(67(9,10)11)37-56(65(55)73)68(12,13)14)58-35-45(34-57(69-58)44-24-16-15-17-25-44)62-53(42(5)6)38-47(39-54(62)43(7)8)71-59-31-20-18-26-50(59)51-27-19-21-32-60(51)71;/h15-24,26-43,73H,1-14H3;/q-1;. The summed E-state index contributed by atoms with van der Waals surface area (Å²) >= 11 is 0. The molecule has 3 heterocycles. The van der Waals surface area contributed by atoms with Crippen LogP contribution in [-0.4, -0.2) is 24.2 Å². The van der Waals surface area contributed by atoms with Crippen molar-refractivity contribution in [2.45, 2.75) is 131 Å². The van der Waals surface area contributed by atoms with Crippen molar-refractivity contribution in [2.24, 2.45) is 0 Å². The van der Waals surface area contributed by atoms with Gasteiger partial charge in [-0.15, -0.1) is 35.9 Å². The number of fused-ring (bicyclic) bond motifs is 4. The van der Waals surface area contributed by atoms with Crippen LogP contribution in [0.3, 0.4) is 0 Å². The Morgan fingerprint density at radius 3 is 1.58 bits per heavy atom. The minimum atomic E-state index is -0.332. The number of phenolic OH excluding ortho intramolecular Hbond substituents is 1. The van der Waals surface area contributed by atoms with E-state index in [1.807, 2.05) is 12.1 Å². The largest absolute Gasteiger partial charge is 0.507 e. The van der Waals surface area contributed by atoms with Gasteiger partial charge in [-0.3, -0.25) is 9.55 Å². The van der Waals surface area contributed by atoms with E-state index in [0.29, 0.717) is 5.82 Å². The first kappa shape index (κ1) is 52.3. The number of para-hydroxylation sites is 4. The SMILES string of the molecule is CC(C)c1cc(-n2c3ccccc3c3ccccc32)cc(C(C)C)c1-c1cc(-c2[c-]cccc2)nc(-c2cccc3c2nc(-c2cc(C(C)(C)C)cc(C(C)(C)C)c2O)n3-c2c(C(C)C)cccc2C(C)C)c1.[Pt]. The molecule has 380 valence electrons. The molecule has 1 N–H and O–H groups in total. The second-order valence-electron chi connectivity index (χ2n) is 23.5. The van der Waals surface area contributed by atoms with Gasteiger partial charge in [0.05, 0.1) is 39.0 Å². The first-order chi connectivity index (χ1) is 34.7. The Kier molecular flexibility index (Phi) is 14.1. The van der Waals surface area contributed by atoms with Crippen molar-refractivity contribution in [3.8, 4) is 62.2 Å². The van der Waals surface area contributed by atoms with Crippen LogP contribution in [0.25, 0.3) is 89.2 Å². The van der Waals surface area contributed by atoms with Crippen LogP contribution < -0.4 is 0 Å². The first-order valence-corrected chi connectivity index (χ1v) is 26.4. The van der Waals surface area contributed by atoms with Crippen molar-refractivity contribution >= 4 is 32.8 Å². The average molecular weight is 1160 g/mol. The van der Waals surface area contributed by atoms with Crippen molar-refractivity contribution in [1.29, 1.82) is 0 Å². The van der Waals surface area contributed by atoms with Gasteiger partial charge in [-0.25, -0.2) is 4.98 Å². The van der Waals surface area contributed by atoms with Crippen LogP contribution >= 0.6 is 0 Å². The van der Waals surface area contributed by atoms with Gasteiger partial charge in [0.2, 0.25) is 0 Å². The maximum atomic E-state index is 12.7. The quantitative estimate of drug-likeness (QED) is 0.139. The summed E-state index contributed by atoms with van der Waals surface area (Å²) < 4.78 is 4.80. The van der Waals surface area contributed by atoms with Gasteiger partial charge in [0.1, 0.15) is 11.6 Å². The van der Waals surface area contributed by atoms with Gasteiger partial charge in [0.25, 0.3) is 0 Å². The Morgan fingerprint density at radius 1 is 0.500 bits per heavy atom. The number of benzene rings is 7. The number of hydrogen-bond acceptors (Lipinski definition) is 3. The Labute approximate surface area is 454 Å². The van der Waals surface area contributed by atoms with Gasteiger partial charge >= 0.3 is 0 Å². The molecule has 0 bridgehead atoms. The summed E-state index contributed by atoms with van der Waals surface area (Å²) in [4.78, 5) is 11.4. The molecule has 5 nitrogen and oxygen atoms in total. The number of rotatable bonds is 10. The molecule has 0 amide bonds. The predicted octanol–water partition coefficient (Wildman–Crippen LogP) is 18.8. The van der Waals surface area contributed by atoms with Gasteiger partial charge in [0, 0.05) is 48.7 Å². The van der Waals surface area contributed by atoms with Crippen LogP contribution in [0, 0.1) is 6.07 Å². The molecular weight excluding hydrogens is 1080 g/mol. The Hall–Kier alpha value is -6.55. The van der Waals surface area contributed by atoms with Gasteiger partial charge in [0.15, 0.2) is 0 Å². The topological polar surface area (TPSA) is 55.9 Å². The second-order valence-corrected chi connectivity index (χ2v) is 23.5. The fourth-order valence-corrected chi connectivity index (χ4v) is 11.0. The minimum Gasteiger partial charge on any atom is -0.507 e. The molecule has 10 rings (SSSR count). The van der Waals surface area contributed by atoms with Crippen LogP contribution in [0.4, 0.5) is 0 Å². The zero-order valence-electron chi connectivity index (χ0n) is 45.7. The summed E-state index contributed by atoms with van der Waals surface area (Å²) in [5.74, 6) is 1.82. The molecule has 0 aliphatic rings. The van der Waals surface area contributed by atoms with Crippen LogP contribution in [0.2, 0.25) is 0 Å². The summed E-state index contributed by atoms with van der Waals surface area (Å²) in [7, 11) is 0. The smallest absolute Gasteiger partial charge is 0.149 e. The van der Waals surface area contributed by atoms with Gasteiger partial charge in [-0.1, -0.05) is 176 Å². The van der Waals surface area contributed by atoms with E-state index in [0.717, 1.165) is 67.2 Å². The fourth-order valence-electron chi connectivity index (χ4n) is 11.0. The number of aromatic nitrogens is 4. The number of phenols is 1.